The molecule has 192 valence electrons. The second-order valence-corrected chi connectivity index (χ2v) is 12.3. The van der Waals surface area contributed by atoms with Crippen LogP contribution in [0.2, 0.25) is 0 Å². The molecule has 0 atom stereocenters. The number of sulfonamides is 2. The molecule has 3 aromatic rings. The normalized spacial score (nSPS) is 11.8. The standard InChI is InChI=1S/C24H29N5O5S2/c1-16(2)19-6-10-21(11-7-19)29(35(5,31)32)15-23(30)27-20-8-12-22(13-9-20)36(33,34)28-24-25-17(3)14-18(4)26-24/h6-14,16H,15H2,1-5H3,(H,27,30)(H,25,26,28). The Labute approximate surface area is 211 Å². The van der Waals surface area contributed by atoms with Gasteiger partial charge in [0.2, 0.25) is 21.9 Å². The van der Waals surface area contributed by atoms with Crippen LogP contribution in [0.1, 0.15) is 36.7 Å². The van der Waals surface area contributed by atoms with Crippen LogP contribution in [0.4, 0.5) is 17.3 Å². The van der Waals surface area contributed by atoms with E-state index >= 15 is 0 Å². The van der Waals surface area contributed by atoms with E-state index < -0.39 is 32.5 Å². The lowest BCUT2D eigenvalue weighted by molar-refractivity contribution is -0.114. The molecule has 0 unspecified atom stereocenters. The number of amides is 1. The fourth-order valence-corrected chi connectivity index (χ4v) is 5.22. The van der Waals surface area contributed by atoms with Crippen LogP contribution < -0.4 is 14.3 Å². The lowest BCUT2D eigenvalue weighted by Crippen LogP contribution is -2.37. The Bertz CT molecular complexity index is 1430. The van der Waals surface area contributed by atoms with Gasteiger partial charge >= 0.3 is 0 Å². The maximum atomic E-state index is 12.7. The van der Waals surface area contributed by atoms with Gasteiger partial charge in [0, 0.05) is 17.1 Å². The number of aryl methyl sites for hydroxylation is 2. The summed E-state index contributed by atoms with van der Waals surface area (Å²) in [6, 6.07) is 14.2. The third kappa shape index (κ3) is 7.01. The zero-order chi connectivity index (χ0) is 26.7. The summed E-state index contributed by atoms with van der Waals surface area (Å²) in [5, 5.41) is 2.60. The predicted molar refractivity (Wildman–Crippen MR) is 140 cm³/mol. The Kier molecular flexibility index (Phi) is 7.99. The number of nitrogens with one attached hydrogen (secondary N) is 2. The van der Waals surface area contributed by atoms with Crippen molar-refractivity contribution in [1.82, 2.24) is 9.97 Å². The molecule has 3 rings (SSSR count). The minimum Gasteiger partial charge on any atom is -0.325 e. The van der Waals surface area contributed by atoms with Crippen molar-refractivity contribution in [2.45, 2.75) is 38.5 Å². The summed E-state index contributed by atoms with van der Waals surface area (Å²) < 4.78 is 53.4. The Balaban J connectivity index is 1.71. The number of benzene rings is 2. The van der Waals surface area contributed by atoms with Gasteiger partial charge in [-0.3, -0.25) is 9.10 Å². The van der Waals surface area contributed by atoms with E-state index in [4.69, 9.17) is 0 Å². The van der Waals surface area contributed by atoms with Gasteiger partial charge in [0.1, 0.15) is 6.54 Å². The highest BCUT2D eigenvalue weighted by atomic mass is 32.2. The number of hydrogen-bond acceptors (Lipinski definition) is 7. The lowest BCUT2D eigenvalue weighted by Gasteiger charge is -2.22. The number of anilines is 3. The highest BCUT2D eigenvalue weighted by Gasteiger charge is 2.22. The van der Waals surface area contributed by atoms with E-state index in [9.17, 15) is 21.6 Å². The molecule has 0 aliphatic carbocycles. The van der Waals surface area contributed by atoms with Crippen molar-refractivity contribution in [3.63, 3.8) is 0 Å². The number of carbonyl (C=O) groups is 1. The summed E-state index contributed by atoms with van der Waals surface area (Å²) in [5.74, 6) is -0.331. The van der Waals surface area contributed by atoms with Gasteiger partial charge in [0.25, 0.3) is 10.0 Å². The first-order valence-electron chi connectivity index (χ1n) is 11.1. The molecular formula is C24H29N5O5S2. The average Bonchev–Trinajstić information content (AvgIpc) is 2.76. The Morgan fingerprint density at radius 2 is 1.47 bits per heavy atom. The van der Waals surface area contributed by atoms with E-state index in [1.54, 1.807) is 32.0 Å². The van der Waals surface area contributed by atoms with E-state index in [0.29, 0.717) is 22.8 Å². The van der Waals surface area contributed by atoms with Crippen LogP contribution in [0, 0.1) is 13.8 Å². The Morgan fingerprint density at radius 1 is 0.917 bits per heavy atom. The highest BCUT2D eigenvalue weighted by molar-refractivity contribution is 7.92. The average molecular weight is 532 g/mol. The monoisotopic (exact) mass is 531 g/mol. The van der Waals surface area contributed by atoms with Crippen molar-refractivity contribution in [1.29, 1.82) is 0 Å². The van der Waals surface area contributed by atoms with E-state index in [1.807, 2.05) is 26.0 Å². The summed E-state index contributed by atoms with van der Waals surface area (Å²) in [6.07, 6.45) is 1.03. The molecule has 0 spiro atoms. The van der Waals surface area contributed by atoms with Crippen molar-refractivity contribution in [2.24, 2.45) is 0 Å². The van der Waals surface area contributed by atoms with Crippen molar-refractivity contribution < 1.29 is 21.6 Å². The molecule has 1 heterocycles. The van der Waals surface area contributed by atoms with Crippen molar-refractivity contribution in [3.05, 3.63) is 71.5 Å². The molecule has 0 saturated heterocycles. The molecule has 2 N–H and O–H groups in total. The van der Waals surface area contributed by atoms with E-state index in [0.717, 1.165) is 16.1 Å². The summed E-state index contributed by atoms with van der Waals surface area (Å²) in [5.41, 5.74) is 2.98. The molecule has 0 bridgehead atoms. The van der Waals surface area contributed by atoms with Gasteiger partial charge in [0.05, 0.1) is 16.8 Å². The lowest BCUT2D eigenvalue weighted by atomic mass is 10.0. The second kappa shape index (κ2) is 10.6. The second-order valence-electron chi connectivity index (χ2n) is 8.67. The van der Waals surface area contributed by atoms with Crippen LogP contribution >= 0.6 is 0 Å². The quantitative estimate of drug-likeness (QED) is 0.431. The van der Waals surface area contributed by atoms with Crippen LogP contribution in [0.3, 0.4) is 0 Å². The minimum atomic E-state index is -3.95. The van der Waals surface area contributed by atoms with Crippen molar-refractivity contribution in [2.75, 3.05) is 27.1 Å². The third-order valence-electron chi connectivity index (χ3n) is 5.19. The molecule has 1 amide bonds. The third-order valence-corrected chi connectivity index (χ3v) is 7.68. The van der Waals surface area contributed by atoms with Gasteiger partial charge in [-0.05, 0) is 67.8 Å². The molecule has 36 heavy (non-hydrogen) atoms. The zero-order valence-corrected chi connectivity index (χ0v) is 22.3. The Hall–Kier alpha value is -3.51. The molecule has 12 heteroatoms. The van der Waals surface area contributed by atoms with Gasteiger partial charge in [-0.1, -0.05) is 26.0 Å². The largest absolute Gasteiger partial charge is 0.325 e. The SMILES string of the molecule is Cc1cc(C)nc(NS(=O)(=O)c2ccc(NC(=O)CN(c3ccc(C(C)C)cc3)S(C)(=O)=O)cc2)n1. The summed E-state index contributed by atoms with van der Waals surface area (Å²) in [4.78, 5) is 20.7. The van der Waals surface area contributed by atoms with E-state index in [1.165, 1.54) is 24.3 Å². The Morgan fingerprint density at radius 3 is 1.97 bits per heavy atom. The molecular weight excluding hydrogens is 502 g/mol. The van der Waals surface area contributed by atoms with Crippen LogP contribution in [0.15, 0.2) is 59.5 Å². The molecule has 10 nitrogen and oxygen atoms in total. The maximum Gasteiger partial charge on any atom is 0.264 e. The molecule has 0 fully saturated rings. The van der Waals surface area contributed by atoms with Gasteiger partial charge < -0.3 is 5.32 Å². The summed E-state index contributed by atoms with van der Waals surface area (Å²) in [7, 11) is -7.68. The highest BCUT2D eigenvalue weighted by Crippen LogP contribution is 2.22. The number of rotatable bonds is 9. The number of nitrogens with zero attached hydrogens (tertiary/aromatic N) is 3. The summed E-state index contributed by atoms with van der Waals surface area (Å²) in [6.45, 7) is 7.08. The van der Waals surface area contributed by atoms with Crippen LogP contribution in [-0.4, -0.2) is 45.5 Å². The minimum absolute atomic E-state index is 0.0350. The first-order chi connectivity index (χ1) is 16.7. The van der Waals surface area contributed by atoms with Crippen molar-refractivity contribution in [3.8, 4) is 0 Å². The molecule has 0 saturated carbocycles. The molecule has 0 aliphatic rings. The predicted octanol–water partition coefficient (Wildman–Crippen LogP) is 3.42. The van der Waals surface area contributed by atoms with Gasteiger partial charge in [0.15, 0.2) is 0 Å². The smallest absolute Gasteiger partial charge is 0.264 e. The number of carbonyl (C=O) groups excluding carboxylic acids is 1. The van der Waals surface area contributed by atoms with Crippen LogP contribution in [0.25, 0.3) is 0 Å². The number of hydrogen-bond donors (Lipinski definition) is 2. The summed E-state index contributed by atoms with van der Waals surface area (Å²) >= 11 is 0. The molecule has 2 aromatic carbocycles. The van der Waals surface area contributed by atoms with E-state index in [2.05, 4.69) is 20.0 Å². The van der Waals surface area contributed by atoms with Crippen LogP contribution in [0.5, 0.6) is 0 Å². The fraction of sp³-hybridized carbons (Fsp3) is 0.292. The van der Waals surface area contributed by atoms with Crippen LogP contribution in [-0.2, 0) is 24.8 Å². The molecule has 1 aromatic heterocycles. The van der Waals surface area contributed by atoms with Gasteiger partial charge in [-0.2, -0.15) is 0 Å². The van der Waals surface area contributed by atoms with Gasteiger partial charge in [-0.25, -0.2) is 31.5 Å². The number of aromatic nitrogens is 2. The molecule has 0 aliphatic heterocycles. The topological polar surface area (TPSA) is 138 Å². The first kappa shape index (κ1) is 27.1. The van der Waals surface area contributed by atoms with E-state index in [-0.39, 0.29) is 16.8 Å². The maximum absolute atomic E-state index is 12.7. The fourth-order valence-electron chi connectivity index (χ4n) is 3.42. The molecule has 0 radical (unpaired) electrons. The zero-order valence-electron chi connectivity index (χ0n) is 20.7. The van der Waals surface area contributed by atoms with Gasteiger partial charge in [-0.15, -0.1) is 0 Å². The van der Waals surface area contributed by atoms with Crippen molar-refractivity contribution >= 4 is 43.3 Å². The first-order valence-corrected chi connectivity index (χ1v) is 14.4.